The summed E-state index contributed by atoms with van der Waals surface area (Å²) in [7, 11) is -4.00. The number of hydrogen-bond donors (Lipinski definition) is 3. The highest BCUT2D eigenvalue weighted by Crippen LogP contribution is 2.34. The third-order valence-electron chi connectivity index (χ3n) is 2.97. The highest BCUT2D eigenvalue weighted by molar-refractivity contribution is 7.80. The summed E-state index contributed by atoms with van der Waals surface area (Å²) in [5, 5.41) is 3.56. The average Bonchev–Trinajstić information content (AvgIpc) is 2.48. The Morgan fingerprint density at radius 2 is 2.09 bits per heavy atom. The maximum Gasteiger partial charge on any atom is 0.342 e. The van der Waals surface area contributed by atoms with E-state index in [0.29, 0.717) is 11.1 Å². The standard InChI is InChI=1S/C14H16NO6PS/c16-13-11(8-10-4-1-2-5-12(10)21-13)9-20-14(23)15-6-3-7-22(17,18)19/h1-2,4-5,8H,3,6-7,9H2,(H,15,23)(H2,17,18,19). The summed E-state index contributed by atoms with van der Waals surface area (Å²) in [6.45, 7) is 0.230. The quantitative estimate of drug-likeness (QED) is 0.311. The Kier molecular flexibility index (Phi) is 5.90. The van der Waals surface area contributed by atoms with Crippen molar-refractivity contribution >= 4 is 36.0 Å². The van der Waals surface area contributed by atoms with Gasteiger partial charge < -0.3 is 24.3 Å². The van der Waals surface area contributed by atoms with Crippen LogP contribution in [0.4, 0.5) is 0 Å². The molecule has 0 atom stereocenters. The van der Waals surface area contributed by atoms with Gasteiger partial charge in [0.2, 0.25) is 0 Å². The van der Waals surface area contributed by atoms with E-state index < -0.39 is 13.2 Å². The molecular weight excluding hydrogens is 341 g/mol. The van der Waals surface area contributed by atoms with E-state index in [9.17, 15) is 9.36 Å². The summed E-state index contributed by atoms with van der Waals surface area (Å²) in [6.07, 6.45) is 0.0305. The van der Waals surface area contributed by atoms with Crippen molar-refractivity contribution in [2.75, 3.05) is 12.7 Å². The van der Waals surface area contributed by atoms with Gasteiger partial charge in [0.05, 0.1) is 11.7 Å². The highest BCUT2D eigenvalue weighted by atomic mass is 32.1. The van der Waals surface area contributed by atoms with Crippen molar-refractivity contribution in [3.8, 4) is 0 Å². The van der Waals surface area contributed by atoms with E-state index >= 15 is 0 Å². The van der Waals surface area contributed by atoms with Gasteiger partial charge in [-0.05, 0) is 30.8 Å². The Hall–Kier alpha value is -1.73. The molecule has 0 unspecified atom stereocenters. The number of rotatable bonds is 6. The van der Waals surface area contributed by atoms with Crippen molar-refractivity contribution in [1.29, 1.82) is 0 Å². The zero-order valence-corrected chi connectivity index (χ0v) is 13.8. The minimum atomic E-state index is -4.00. The molecule has 0 spiro atoms. The van der Waals surface area contributed by atoms with Gasteiger partial charge in [0.1, 0.15) is 12.2 Å². The summed E-state index contributed by atoms with van der Waals surface area (Å²) in [6, 6.07) is 8.81. The lowest BCUT2D eigenvalue weighted by Gasteiger charge is -2.10. The lowest BCUT2D eigenvalue weighted by Crippen LogP contribution is -2.26. The smallest absolute Gasteiger partial charge is 0.342 e. The SMILES string of the molecule is O=c1oc2ccccc2cc1COC(=S)NCCCP(=O)(O)O. The molecule has 1 aromatic carbocycles. The molecular formula is C14H16NO6PS. The van der Waals surface area contributed by atoms with Crippen molar-refractivity contribution in [2.45, 2.75) is 13.0 Å². The van der Waals surface area contributed by atoms with E-state index in [-0.39, 0.29) is 30.9 Å². The first kappa shape index (κ1) is 17.6. The van der Waals surface area contributed by atoms with Gasteiger partial charge in [0.25, 0.3) is 5.17 Å². The van der Waals surface area contributed by atoms with Crippen molar-refractivity contribution < 1.29 is 23.5 Å². The van der Waals surface area contributed by atoms with E-state index in [0.717, 1.165) is 5.39 Å². The Labute approximate surface area is 137 Å². The number of benzene rings is 1. The fourth-order valence-electron chi connectivity index (χ4n) is 1.88. The van der Waals surface area contributed by atoms with Crippen molar-refractivity contribution in [3.05, 3.63) is 46.3 Å². The molecule has 0 bridgehead atoms. The van der Waals surface area contributed by atoms with Gasteiger partial charge in [-0.3, -0.25) is 4.57 Å². The van der Waals surface area contributed by atoms with E-state index in [1.54, 1.807) is 18.2 Å². The van der Waals surface area contributed by atoms with Gasteiger partial charge in [-0.25, -0.2) is 4.79 Å². The number of para-hydroxylation sites is 1. The molecule has 1 heterocycles. The van der Waals surface area contributed by atoms with Crippen LogP contribution in [-0.4, -0.2) is 27.7 Å². The van der Waals surface area contributed by atoms with E-state index in [1.165, 1.54) is 0 Å². The largest absolute Gasteiger partial charge is 0.466 e. The summed E-state index contributed by atoms with van der Waals surface area (Å²) in [4.78, 5) is 29.3. The van der Waals surface area contributed by atoms with Crippen molar-refractivity contribution in [3.63, 3.8) is 0 Å². The molecule has 0 fully saturated rings. The van der Waals surface area contributed by atoms with E-state index in [4.69, 9.17) is 31.2 Å². The normalized spacial score (nSPS) is 11.4. The maximum atomic E-state index is 11.8. The van der Waals surface area contributed by atoms with Crippen LogP contribution in [0.15, 0.2) is 39.5 Å². The Bertz CT molecular complexity index is 799. The third kappa shape index (κ3) is 5.76. The first-order chi connectivity index (χ1) is 10.8. The number of hydrogen-bond acceptors (Lipinski definition) is 5. The molecule has 7 nitrogen and oxygen atoms in total. The summed E-state index contributed by atoms with van der Waals surface area (Å²) >= 11 is 4.94. The van der Waals surface area contributed by atoms with E-state index in [2.05, 4.69) is 5.32 Å². The topological polar surface area (TPSA) is 109 Å². The van der Waals surface area contributed by atoms with Crippen LogP contribution in [0.3, 0.4) is 0 Å². The predicted molar refractivity (Wildman–Crippen MR) is 89.4 cm³/mol. The van der Waals surface area contributed by atoms with Crippen LogP contribution in [0.5, 0.6) is 0 Å². The van der Waals surface area contributed by atoms with Gasteiger partial charge in [-0.15, -0.1) is 0 Å². The fourth-order valence-corrected chi connectivity index (χ4v) is 2.61. The highest BCUT2D eigenvalue weighted by Gasteiger charge is 2.12. The molecule has 0 amide bonds. The Morgan fingerprint density at radius 3 is 2.83 bits per heavy atom. The molecule has 124 valence electrons. The molecule has 9 heteroatoms. The second-order valence-electron chi connectivity index (χ2n) is 4.84. The summed E-state index contributed by atoms with van der Waals surface area (Å²) in [5.41, 5.74) is 0.343. The molecule has 2 rings (SSSR count). The molecule has 0 aliphatic heterocycles. The van der Waals surface area contributed by atoms with Crippen LogP contribution < -0.4 is 10.9 Å². The van der Waals surface area contributed by atoms with Crippen LogP contribution in [0.1, 0.15) is 12.0 Å². The lowest BCUT2D eigenvalue weighted by atomic mass is 10.2. The van der Waals surface area contributed by atoms with E-state index in [1.807, 2.05) is 12.1 Å². The molecule has 0 saturated heterocycles. The molecule has 0 radical (unpaired) electrons. The third-order valence-corrected chi connectivity index (χ3v) is 4.13. The van der Waals surface area contributed by atoms with Gasteiger partial charge in [-0.1, -0.05) is 18.2 Å². The minimum absolute atomic E-state index is 0.0442. The van der Waals surface area contributed by atoms with Crippen molar-refractivity contribution in [1.82, 2.24) is 5.32 Å². The molecule has 3 N–H and O–H groups in total. The predicted octanol–water partition coefficient (Wildman–Crippen LogP) is 1.75. The average molecular weight is 357 g/mol. The van der Waals surface area contributed by atoms with Gasteiger partial charge in [0, 0.05) is 11.9 Å². The number of fused-ring (bicyclic) bond motifs is 1. The summed E-state index contributed by atoms with van der Waals surface area (Å²) < 4.78 is 21.1. The lowest BCUT2D eigenvalue weighted by molar-refractivity contribution is 0.281. The van der Waals surface area contributed by atoms with Crippen LogP contribution in [0.25, 0.3) is 11.0 Å². The molecule has 0 aliphatic rings. The molecule has 2 aromatic rings. The Balaban J connectivity index is 1.86. The number of thiocarbonyl (C=S) groups is 1. The summed E-state index contributed by atoms with van der Waals surface area (Å²) in [5.74, 6) is 0. The molecule has 0 saturated carbocycles. The fraction of sp³-hybridized carbons (Fsp3) is 0.286. The first-order valence-electron chi connectivity index (χ1n) is 6.82. The molecule has 23 heavy (non-hydrogen) atoms. The maximum absolute atomic E-state index is 11.8. The van der Waals surface area contributed by atoms with Gasteiger partial charge >= 0.3 is 13.2 Å². The van der Waals surface area contributed by atoms with Crippen molar-refractivity contribution in [2.24, 2.45) is 0 Å². The number of ether oxygens (including phenoxy) is 1. The van der Waals surface area contributed by atoms with Gasteiger partial charge in [0.15, 0.2) is 0 Å². The van der Waals surface area contributed by atoms with Crippen LogP contribution in [0, 0.1) is 0 Å². The monoisotopic (exact) mass is 357 g/mol. The van der Waals surface area contributed by atoms with Crippen LogP contribution in [0.2, 0.25) is 0 Å². The zero-order valence-electron chi connectivity index (χ0n) is 12.1. The second-order valence-corrected chi connectivity index (χ2v) is 6.99. The van der Waals surface area contributed by atoms with Crippen LogP contribution in [-0.2, 0) is 15.9 Å². The van der Waals surface area contributed by atoms with Gasteiger partial charge in [-0.2, -0.15) is 0 Å². The molecule has 1 aromatic heterocycles. The first-order valence-corrected chi connectivity index (χ1v) is 9.03. The van der Waals surface area contributed by atoms with Crippen LogP contribution >= 0.6 is 19.8 Å². The minimum Gasteiger partial charge on any atom is -0.466 e. The molecule has 0 aliphatic carbocycles. The number of nitrogens with one attached hydrogen (secondary N) is 1. The Morgan fingerprint density at radius 1 is 1.35 bits per heavy atom. The second kappa shape index (κ2) is 7.70. The zero-order chi connectivity index (χ0) is 16.9.